The van der Waals surface area contributed by atoms with Crippen LogP contribution in [-0.4, -0.2) is 22.4 Å². The second-order valence-corrected chi connectivity index (χ2v) is 4.36. The van der Waals surface area contributed by atoms with Gasteiger partial charge in [0.05, 0.1) is 5.69 Å². The molecule has 0 aliphatic rings. The summed E-state index contributed by atoms with van der Waals surface area (Å²) < 4.78 is 1.85. The second-order valence-electron chi connectivity index (χ2n) is 4.36. The lowest BCUT2D eigenvalue weighted by Gasteiger charge is -2.19. The van der Waals surface area contributed by atoms with Crippen molar-refractivity contribution in [2.75, 3.05) is 6.54 Å². The van der Waals surface area contributed by atoms with Crippen LogP contribution in [0.5, 0.6) is 0 Å². The number of aromatic nitrogens is 2. The number of nitrogens with zero attached hydrogens (tertiary/aromatic N) is 2. The second kappa shape index (κ2) is 5.91. The maximum Gasteiger partial charge on any atom is 0.0637 e. The zero-order valence-electron chi connectivity index (χ0n) is 10.3. The molecule has 0 spiro atoms. The number of rotatable bonds is 6. The van der Waals surface area contributed by atoms with Gasteiger partial charge in [0.25, 0.3) is 0 Å². The van der Waals surface area contributed by atoms with Crippen LogP contribution in [0.25, 0.3) is 0 Å². The third kappa shape index (κ3) is 4.04. The lowest BCUT2D eigenvalue weighted by Crippen LogP contribution is -2.33. The first-order chi connectivity index (χ1) is 7.13. The predicted octanol–water partition coefficient (Wildman–Crippen LogP) is 1.99. The first-order valence-electron chi connectivity index (χ1n) is 5.85. The molecule has 0 saturated carbocycles. The summed E-state index contributed by atoms with van der Waals surface area (Å²) in [6, 6.07) is 2.67. The van der Waals surface area contributed by atoms with E-state index in [4.69, 9.17) is 0 Å². The summed E-state index contributed by atoms with van der Waals surface area (Å²) in [5, 5.41) is 7.89. The van der Waals surface area contributed by atoms with E-state index in [0.29, 0.717) is 6.04 Å². The highest BCUT2D eigenvalue weighted by Crippen LogP contribution is 2.06. The van der Waals surface area contributed by atoms with Gasteiger partial charge in [-0.05, 0) is 18.9 Å². The molecule has 3 heteroatoms. The van der Waals surface area contributed by atoms with Gasteiger partial charge >= 0.3 is 0 Å². The van der Waals surface area contributed by atoms with E-state index in [9.17, 15) is 0 Å². The summed E-state index contributed by atoms with van der Waals surface area (Å²) in [6.07, 6.45) is 4.24. The highest BCUT2D eigenvalue weighted by molar-refractivity contribution is 4.99. The van der Waals surface area contributed by atoms with E-state index in [2.05, 4.69) is 37.3 Å². The minimum atomic E-state index is 0.596. The molecular formula is C12H23N3. The van der Waals surface area contributed by atoms with Gasteiger partial charge in [-0.3, -0.25) is 4.68 Å². The van der Waals surface area contributed by atoms with E-state index < -0.39 is 0 Å². The van der Waals surface area contributed by atoms with Crippen LogP contribution in [0.3, 0.4) is 0 Å². The van der Waals surface area contributed by atoms with Gasteiger partial charge in [-0.25, -0.2) is 0 Å². The van der Waals surface area contributed by atoms with Crippen LogP contribution >= 0.6 is 0 Å². The summed E-state index contributed by atoms with van der Waals surface area (Å²) in [5.74, 6) is 0.744. The average Bonchev–Trinajstić information content (AvgIpc) is 2.63. The summed E-state index contributed by atoms with van der Waals surface area (Å²) in [6.45, 7) is 7.80. The first-order valence-corrected chi connectivity index (χ1v) is 5.85. The molecule has 0 amide bonds. The third-order valence-corrected chi connectivity index (χ3v) is 3.11. The molecule has 0 saturated heterocycles. The van der Waals surface area contributed by atoms with Crippen molar-refractivity contribution < 1.29 is 0 Å². The number of hydrogen-bond donors (Lipinski definition) is 1. The fraction of sp³-hybridized carbons (Fsp3) is 0.750. The quantitative estimate of drug-likeness (QED) is 0.776. The normalized spacial score (nSPS) is 15.2. The number of aryl methyl sites for hydroxylation is 1. The maximum absolute atomic E-state index is 4.35. The molecule has 1 rings (SSSR count). The van der Waals surface area contributed by atoms with Crippen LogP contribution in [-0.2, 0) is 13.5 Å². The van der Waals surface area contributed by atoms with Gasteiger partial charge in [-0.1, -0.05) is 20.3 Å². The highest BCUT2D eigenvalue weighted by atomic mass is 15.2. The molecule has 0 bridgehead atoms. The van der Waals surface area contributed by atoms with Crippen LogP contribution in [0.2, 0.25) is 0 Å². The average molecular weight is 209 g/mol. The molecule has 1 heterocycles. The molecule has 2 unspecified atom stereocenters. The van der Waals surface area contributed by atoms with Gasteiger partial charge in [-0.15, -0.1) is 0 Å². The van der Waals surface area contributed by atoms with Crippen molar-refractivity contribution in [3.63, 3.8) is 0 Å². The van der Waals surface area contributed by atoms with E-state index in [1.54, 1.807) is 0 Å². The van der Waals surface area contributed by atoms with Gasteiger partial charge in [0, 0.05) is 32.3 Å². The molecule has 1 aromatic heterocycles. The Morgan fingerprint density at radius 2 is 2.20 bits per heavy atom. The van der Waals surface area contributed by atoms with Crippen molar-refractivity contribution in [3.8, 4) is 0 Å². The molecule has 0 aliphatic carbocycles. The van der Waals surface area contributed by atoms with Gasteiger partial charge in [0.1, 0.15) is 0 Å². The van der Waals surface area contributed by atoms with Gasteiger partial charge in [0.2, 0.25) is 0 Å². The molecule has 1 N–H and O–H groups in total. The monoisotopic (exact) mass is 209 g/mol. The molecule has 0 aliphatic heterocycles. The van der Waals surface area contributed by atoms with Crippen molar-refractivity contribution in [2.45, 2.75) is 39.7 Å². The van der Waals surface area contributed by atoms with Crippen molar-refractivity contribution in [1.29, 1.82) is 0 Å². The lowest BCUT2D eigenvalue weighted by atomic mass is 10.0. The van der Waals surface area contributed by atoms with E-state index in [0.717, 1.165) is 18.9 Å². The Labute approximate surface area is 92.9 Å². The van der Waals surface area contributed by atoms with Crippen LogP contribution in [0.4, 0.5) is 0 Å². The smallest absolute Gasteiger partial charge is 0.0637 e. The minimum Gasteiger partial charge on any atom is -0.314 e. The first kappa shape index (κ1) is 12.2. The zero-order chi connectivity index (χ0) is 11.3. The molecular weight excluding hydrogens is 186 g/mol. The largest absolute Gasteiger partial charge is 0.314 e. The minimum absolute atomic E-state index is 0.596. The van der Waals surface area contributed by atoms with Gasteiger partial charge < -0.3 is 5.32 Å². The Kier molecular flexibility index (Phi) is 4.82. The van der Waals surface area contributed by atoms with Crippen molar-refractivity contribution in [3.05, 3.63) is 18.0 Å². The number of nitrogens with one attached hydrogen (secondary N) is 1. The maximum atomic E-state index is 4.35. The van der Waals surface area contributed by atoms with E-state index in [1.807, 2.05) is 17.9 Å². The fourth-order valence-corrected chi connectivity index (χ4v) is 1.58. The molecule has 86 valence electrons. The SMILES string of the molecule is CCC(C)C(C)NCCc1ccn(C)n1. The molecule has 3 nitrogen and oxygen atoms in total. The Hall–Kier alpha value is -0.830. The Morgan fingerprint density at radius 3 is 2.73 bits per heavy atom. The Bertz CT molecular complexity index is 280. The van der Waals surface area contributed by atoms with Gasteiger partial charge in [0.15, 0.2) is 0 Å². The zero-order valence-corrected chi connectivity index (χ0v) is 10.3. The van der Waals surface area contributed by atoms with E-state index >= 15 is 0 Å². The van der Waals surface area contributed by atoms with Crippen molar-refractivity contribution in [2.24, 2.45) is 13.0 Å². The standard InChI is InChI=1S/C12H23N3/c1-5-10(2)11(3)13-8-6-12-7-9-15(4)14-12/h7,9-11,13H,5-6,8H2,1-4H3. The third-order valence-electron chi connectivity index (χ3n) is 3.11. The van der Waals surface area contributed by atoms with Crippen LogP contribution in [0.1, 0.15) is 32.9 Å². The van der Waals surface area contributed by atoms with Gasteiger partial charge in [-0.2, -0.15) is 5.10 Å². The molecule has 15 heavy (non-hydrogen) atoms. The van der Waals surface area contributed by atoms with Crippen LogP contribution < -0.4 is 5.32 Å². The molecule has 0 radical (unpaired) electrons. The lowest BCUT2D eigenvalue weighted by molar-refractivity contribution is 0.392. The number of hydrogen-bond acceptors (Lipinski definition) is 2. The fourth-order valence-electron chi connectivity index (χ4n) is 1.58. The summed E-state index contributed by atoms with van der Waals surface area (Å²) in [7, 11) is 1.96. The molecule has 1 aromatic rings. The van der Waals surface area contributed by atoms with E-state index in [-0.39, 0.29) is 0 Å². The Balaban J connectivity index is 2.21. The summed E-state index contributed by atoms with van der Waals surface area (Å²) in [4.78, 5) is 0. The van der Waals surface area contributed by atoms with Crippen LogP contribution in [0.15, 0.2) is 12.3 Å². The predicted molar refractivity (Wildman–Crippen MR) is 63.8 cm³/mol. The Morgan fingerprint density at radius 1 is 1.47 bits per heavy atom. The molecule has 0 fully saturated rings. The molecule has 0 aromatic carbocycles. The summed E-state index contributed by atoms with van der Waals surface area (Å²) in [5.41, 5.74) is 1.17. The van der Waals surface area contributed by atoms with Crippen molar-refractivity contribution >= 4 is 0 Å². The molecule has 2 atom stereocenters. The highest BCUT2D eigenvalue weighted by Gasteiger charge is 2.08. The topological polar surface area (TPSA) is 29.9 Å². The van der Waals surface area contributed by atoms with Crippen LogP contribution in [0, 0.1) is 5.92 Å². The summed E-state index contributed by atoms with van der Waals surface area (Å²) >= 11 is 0. The van der Waals surface area contributed by atoms with Crippen molar-refractivity contribution in [1.82, 2.24) is 15.1 Å². The van der Waals surface area contributed by atoms with E-state index in [1.165, 1.54) is 12.1 Å².